The number of carbonyl (C=O) groups is 2. The summed E-state index contributed by atoms with van der Waals surface area (Å²) in [7, 11) is 0. The zero-order chi connectivity index (χ0) is 19.8. The maximum absolute atomic E-state index is 13.5. The monoisotopic (exact) mass is 404 g/mol. The van der Waals surface area contributed by atoms with E-state index in [0.717, 1.165) is 11.1 Å². The SMILES string of the molecule is CC(C)N1CC(=O)N(Cc2ccc(Cl)cc2)C(C)(c2ccc(Cl)cc2)C1=O. The number of rotatable bonds is 4. The van der Waals surface area contributed by atoms with E-state index in [1.165, 1.54) is 0 Å². The minimum absolute atomic E-state index is 0.0641. The second-order valence-corrected chi connectivity index (χ2v) is 8.09. The minimum Gasteiger partial charge on any atom is -0.329 e. The zero-order valence-corrected chi connectivity index (χ0v) is 17.1. The summed E-state index contributed by atoms with van der Waals surface area (Å²) in [5.74, 6) is -0.177. The average Bonchev–Trinajstić information content (AvgIpc) is 2.63. The topological polar surface area (TPSA) is 40.6 Å². The lowest BCUT2D eigenvalue weighted by Crippen LogP contribution is -2.65. The molecule has 6 heteroatoms. The summed E-state index contributed by atoms with van der Waals surface area (Å²) in [4.78, 5) is 29.8. The van der Waals surface area contributed by atoms with Crippen LogP contribution in [0.25, 0.3) is 0 Å². The van der Waals surface area contributed by atoms with Crippen LogP contribution in [0.3, 0.4) is 0 Å². The molecule has 4 nitrogen and oxygen atoms in total. The Morgan fingerprint density at radius 2 is 1.48 bits per heavy atom. The summed E-state index contributed by atoms with van der Waals surface area (Å²) in [6.45, 7) is 6.05. The van der Waals surface area contributed by atoms with Gasteiger partial charge < -0.3 is 9.80 Å². The van der Waals surface area contributed by atoms with Crippen LogP contribution < -0.4 is 0 Å². The summed E-state index contributed by atoms with van der Waals surface area (Å²) in [6, 6.07) is 14.4. The molecule has 142 valence electrons. The average molecular weight is 405 g/mol. The van der Waals surface area contributed by atoms with Crippen LogP contribution in [0.15, 0.2) is 48.5 Å². The first-order chi connectivity index (χ1) is 12.7. The lowest BCUT2D eigenvalue weighted by atomic mass is 9.85. The van der Waals surface area contributed by atoms with Gasteiger partial charge in [0.1, 0.15) is 12.1 Å². The van der Waals surface area contributed by atoms with Gasteiger partial charge in [-0.15, -0.1) is 0 Å². The van der Waals surface area contributed by atoms with Crippen molar-refractivity contribution in [3.63, 3.8) is 0 Å². The van der Waals surface area contributed by atoms with Crippen molar-refractivity contribution in [2.75, 3.05) is 6.54 Å². The predicted octanol–water partition coefficient (Wildman–Crippen LogP) is 4.49. The van der Waals surface area contributed by atoms with E-state index < -0.39 is 5.54 Å². The molecule has 0 radical (unpaired) electrons. The first-order valence-electron chi connectivity index (χ1n) is 8.85. The van der Waals surface area contributed by atoms with Crippen LogP contribution in [0, 0.1) is 0 Å². The Bertz CT molecular complexity index is 849. The molecular formula is C21H22Cl2N2O2. The smallest absolute Gasteiger partial charge is 0.253 e. The predicted molar refractivity (Wildman–Crippen MR) is 108 cm³/mol. The molecule has 0 saturated carbocycles. The fraction of sp³-hybridized carbons (Fsp3) is 0.333. The van der Waals surface area contributed by atoms with E-state index in [0.29, 0.717) is 16.6 Å². The van der Waals surface area contributed by atoms with E-state index in [4.69, 9.17) is 23.2 Å². The van der Waals surface area contributed by atoms with Gasteiger partial charge in [-0.3, -0.25) is 9.59 Å². The molecule has 0 bridgehead atoms. The van der Waals surface area contributed by atoms with Crippen molar-refractivity contribution in [1.82, 2.24) is 9.80 Å². The first kappa shape index (κ1) is 19.7. The molecule has 2 aromatic carbocycles. The number of hydrogen-bond acceptors (Lipinski definition) is 2. The molecule has 1 saturated heterocycles. The zero-order valence-electron chi connectivity index (χ0n) is 15.6. The molecule has 1 unspecified atom stereocenters. The highest BCUT2D eigenvalue weighted by Crippen LogP contribution is 2.36. The third-order valence-electron chi connectivity index (χ3n) is 5.11. The molecule has 1 heterocycles. The molecule has 0 N–H and O–H groups in total. The normalized spacial score (nSPS) is 20.5. The van der Waals surface area contributed by atoms with Crippen LogP contribution in [0.5, 0.6) is 0 Å². The second-order valence-electron chi connectivity index (χ2n) is 7.21. The largest absolute Gasteiger partial charge is 0.329 e. The highest BCUT2D eigenvalue weighted by molar-refractivity contribution is 6.30. The maximum Gasteiger partial charge on any atom is 0.253 e. The van der Waals surface area contributed by atoms with E-state index >= 15 is 0 Å². The Kier molecular flexibility index (Phi) is 5.50. The molecule has 2 amide bonds. The van der Waals surface area contributed by atoms with E-state index in [-0.39, 0.29) is 24.4 Å². The molecule has 0 aliphatic carbocycles. The summed E-state index contributed by atoms with van der Waals surface area (Å²) in [5, 5.41) is 1.22. The standard InChI is InChI=1S/C21H22Cl2N2O2/c1-14(2)24-13-19(26)25(12-15-4-8-17(22)9-5-15)21(3,20(24)27)16-6-10-18(23)11-7-16/h4-11,14H,12-13H2,1-3H3. The van der Waals surface area contributed by atoms with Gasteiger partial charge in [-0.2, -0.15) is 0 Å². The third-order valence-corrected chi connectivity index (χ3v) is 5.61. The van der Waals surface area contributed by atoms with Crippen molar-refractivity contribution in [2.24, 2.45) is 0 Å². The number of amides is 2. The number of nitrogens with zero attached hydrogens (tertiary/aromatic N) is 2. The number of benzene rings is 2. The van der Waals surface area contributed by atoms with Gasteiger partial charge in [-0.1, -0.05) is 47.5 Å². The van der Waals surface area contributed by atoms with Gasteiger partial charge in [0, 0.05) is 22.6 Å². The van der Waals surface area contributed by atoms with Crippen LogP contribution in [0.4, 0.5) is 0 Å². The van der Waals surface area contributed by atoms with Crippen LogP contribution in [0.1, 0.15) is 31.9 Å². The Morgan fingerprint density at radius 1 is 0.963 bits per heavy atom. The molecular weight excluding hydrogens is 383 g/mol. The molecule has 27 heavy (non-hydrogen) atoms. The summed E-state index contributed by atoms with van der Waals surface area (Å²) in [5.41, 5.74) is 0.549. The molecule has 0 spiro atoms. The quantitative estimate of drug-likeness (QED) is 0.752. The highest BCUT2D eigenvalue weighted by atomic mass is 35.5. The van der Waals surface area contributed by atoms with Crippen molar-refractivity contribution in [3.8, 4) is 0 Å². The molecule has 1 fully saturated rings. The molecule has 1 aliphatic rings. The summed E-state index contributed by atoms with van der Waals surface area (Å²) < 4.78 is 0. The number of piperazine rings is 1. The van der Waals surface area contributed by atoms with E-state index in [9.17, 15) is 9.59 Å². The van der Waals surface area contributed by atoms with Crippen LogP contribution in [0.2, 0.25) is 10.0 Å². The van der Waals surface area contributed by atoms with Gasteiger partial charge in [-0.05, 0) is 56.2 Å². The lowest BCUT2D eigenvalue weighted by molar-refractivity contribution is -0.167. The number of carbonyl (C=O) groups excluding carboxylic acids is 2. The summed E-state index contributed by atoms with van der Waals surface area (Å²) in [6.07, 6.45) is 0. The van der Waals surface area contributed by atoms with Gasteiger partial charge >= 0.3 is 0 Å². The fourth-order valence-corrected chi connectivity index (χ4v) is 3.69. The summed E-state index contributed by atoms with van der Waals surface area (Å²) >= 11 is 12.0. The lowest BCUT2D eigenvalue weighted by Gasteiger charge is -2.49. The van der Waals surface area contributed by atoms with Crippen LogP contribution in [-0.2, 0) is 21.7 Å². The highest BCUT2D eigenvalue weighted by Gasteiger charge is 2.50. The van der Waals surface area contributed by atoms with Gasteiger partial charge in [-0.25, -0.2) is 0 Å². The van der Waals surface area contributed by atoms with Gasteiger partial charge in [0.15, 0.2) is 0 Å². The third kappa shape index (κ3) is 3.69. The van der Waals surface area contributed by atoms with E-state index in [1.807, 2.05) is 38.1 Å². The Labute approximate surface area is 169 Å². The van der Waals surface area contributed by atoms with Crippen LogP contribution >= 0.6 is 23.2 Å². The fourth-order valence-electron chi connectivity index (χ4n) is 3.44. The minimum atomic E-state index is -1.11. The van der Waals surface area contributed by atoms with Gasteiger partial charge in [0.2, 0.25) is 5.91 Å². The molecule has 3 rings (SSSR count). The van der Waals surface area contributed by atoms with Crippen molar-refractivity contribution in [3.05, 3.63) is 69.7 Å². The van der Waals surface area contributed by atoms with Gasteiger partial charge in [0.25, 0.3) is 5.91 Å². The van der Waals surface area contributed by atoms with E-state index in [1.54, 1.807) is 41.0 Å². The molecule has 0 aromatic heterocycles. The van der Waals surface area contributed by atoms with Crippen molar-refractivity contribution < 1.29 is 9.59 Å². The maximum atomic E-state index is 13.5. The Morgan fingerprint density at radius 3 is 2.00 bits per heavy atom. The number of hydrogen-bond donors (Lipinski definition) is 0. The van der Waals surface area contributed by atoms with Gasteiger partial charge in [0.05, 0.1) is 0 Å². The van der Waals surface area contributed by atoms with Crippen molar-refractivity contribution >= 4 is 35.0 Å². The van der Waals surface area contributed by atoms with Crippen molar-refractivity contribution in [2.45, 2.75) is 38.9 Å². The Balaban J connectivity index is 2.07. The van der Waals surface area contributed by atoms with Crippen LogP contribution in [-0.4, -0.2) is 34.2 Å². The molecule has 2 aromatic rings. The second kappa shape index (κ2) is 7.53. The molecule has 1 aliphatic heterocycles. The van der Waals surface area contributed by atoms with E-state index in [2.05, 4.69) is 0 Å². The molecule has 1 atom stereocenters. The van der Waals surface area contributed by atoms with Crippen molar-refractivity contribution in [1.29, 1.82) is 0 Å². The Hall–Kier alpha value is -2.04. The number of halogens is 2. The first-order valence-corrected chi connectivity index (χ1v) is 9.61.